The van der Waals surface area contributed by atoms with E-state index in [9.17, 15) is 4.57 Å². The third kappa shape index (κ3) is 4.62. The van der Waals surface area contributed by atoms with Gasteiger partial charge < -0.3 is 9.09 Å². The normalized spacial score (nSPS) is 15.4. The highest BCUT2D eigenvalue weighted by molar-refractivity contribution is 8.32. The first-order valence-corrected chi connectivity index (χ1v) is 10.9. The van der Waals surface area contributed by atoms with Crippen LogP contribution in [0.15, 0.2) is 0 Å². The molecular formula is C14H32O2P2. The van der Waals surface area contributed by atoms with Crippen LogP contribution in [0.5, 0.6) is 0 Å². The molecule has 0 aliphatic heterocycles. The average molecular weight is 294 g/mol. The van der Waals surface area contributed by atoms with Crippen molar-refractivity contribution >= 4 is 14.7 Å². The third-order valence-corrected chi connectivity index (χ3v) is 14.8. The summed E-state index contributed by atoms with van der Waals surface area (Å²) >= 11 is 0. The largest absolute Gasteiger partial charge is 0.351 e. The molecule has 0 aromatic rings. The minimum atomic E-state index is -2.29. The Kier molecular flexibility index (Phi) is 7.67. The number of unbranched alkanes of at least 4 members (excludes halogenated alkanes) is 1. The lowest BCUT2D eigenvalue weighted by molar-refractivity contribution is 0.337. The first kappa shape index (κ1) is 18.6. The summed E-state index contributed by atoms with van der Waals surface area (Å²) in [6, 6.07) is 0. The lowest BCUT2D eigenvalue weighted by atomic mass is 10.3. The van der Waals surface area contributed by atoms with Gasteiger partial charge in [-0.3, -0.25) is 0 Å². The van der Waals surface area contributed by atoms with Crippen molar-refractivity contribution in [3.05, 3.63) is 0 Å². The van der Waals surface area contributed by atoms with E-state index in [0.29, 0.717) is 0 Å². The van der Waals surface area contributed by atoms with Gasteiger partial charge in [0.2, 0.25) is 0 Å². The molecule has 0 bridgehead atoms. The molecule has 0 fully saturated rings. The van der Waals surface area contributed by atoms with Crippen LogP contribution in [0.2, 0.25) is 0 Å². The van der Waals surface area contributed by atoms with Gasteiger partial charge in [-0.15, -0.1) is 0 Å². The number of rotatable bonds is 7. The van der Waals surface area contributed by atoms with Crippen LogP contribution in [-0.2, 0) is 9.09 Å². The first-order valence-electron chi connectivity index (χ1n) is 7.11. The van der Waals surface area contributed by atoms with E-state index < -0.39 is 14.7 Å². The predicted molar refractivity (Wildman–Crippen MR) is 85.4 cm³/mol. The van der Waals surface area contributed by atoms with Gasteiger partial charge in [-0.1, -0.05) is 61.8 Å². The maximum atomic E-state index is 13.5. The molecule has 1 atom stereocenters. The van der Waals surface area contributed by atoms with Crippen molar-refractivity contribution in [2.75, 3.05) is 6.61 Å². The van der Waals surface area contributed by atoms with E-state index in [-0.39, 0.29) is 16.5 Å². The second-order valence-electron chi connectivity index (χ2n) is 6.49. The molecule has 2 nitrogen and oxygen atoms in total. The molecule has 0 radical (unpaired) electrons. The van der Waals surface area contributed by atoms with E-state index in [2.05, 4.69) is 55.4 Å². The summed E-state index contributed by atoms with van der Waals surface area (Å²) < 4.78 is 19.6. The molecule has 110 valence electrons. The molecule has 1 unspecified atom stereocenters. The van der Waals surface area contributed by atoms with Gasteiger partial charge in [0.25, 0.3) is 0 Å². The van der Waals surface area contributed by atoms with Gasteiger partial charge in [0, 0.05) is 16.5 Å². The van der Waals surface area contributed by atoms with E-state index >= 15 is 0 Å². The predicted octanol–water partition coefficient (Wildman–Crippen LogP) is 6.09. The Labute approximate surface area is 115 Å². The zero-order chi connectivity index (χ0) is 14.6. The van der Waals surface area contributed by atoms with Crippen LogP contribution in [0.25, 0.3) is 0 Å². The average Bonchev–Trinajstić information content (AvgIpc) is 2.21. The maximum Gasteiger partial charge on any atom is 0.139 e. The maximum absolute atomic E-state index is 13.5. The molecule has 18 heavy (non-hydrogen) atoms. The van der Waals surface area contributed by atoms with Gasteiger partial charge in [-0.25, -0.2) is 0 Å². The van der Waals surface area contributed by atoms with Crippen molar-refractivity contribution in [3.63, 3.8) is 0 Å². The van der Waals surface area contributed by atoms with Crippen molar-refractivity contribution in [2.24, 2.45) is 0 Å². The first-order chi connectivity index (χ1) is 8.08. The van der Waals surface area contributed by atoms with Gasteiger partial charge >= 0.3 is 0 Å². The SMILES string of the molecule is CCCCOP(C(C)(C)C)P(=O)(C(C)C)C(C)C. The van der Waals surface area contributed by atoms with Gasteiger partial charge in [0.1, 0.15) is 6.83 Å². The molecule has 0 rings (SSSR count). The summed E-state index contributed by atoms with van der Waals surface area (Å²) in [6.07, 6.45) is 2.19. The lowest BCUT2D eigenvalue weighted by Gasteiger charge is -2.40. The van der Waals surface area contributed by atoms with Gasteiger partial charge in [0.15, 0.2) is 0 Å². The summed E-state index contributed by atoms with van der Waals surface area (Å²) in [5.74, 6) is 0. The van der Waals surface area contributed by atoms with Crippen molar-refractivity contribution < 1.29 is 9.09 Å². The Bertz CT molecular complexity index is 268. The molecule has 0 aliphatic rings. The molecule has 0 N–H and O–H groups in total. The monoisotopic (exact) mass is 294 g/mol. The van der Waals surface area contributed by atoms with Crippen LogP contribution in [0.3, 0.4) is 0 Å². The molecule has 0 aromatic carbocycles. The molecule has 0 spiro atoms. The van der Waals surface area contributed by atoms with Crippen molar-refractivity contribution in [3.8, 4) is 0 Å². The second-order valence-corrected chi connectivity index (χ2v) is 15.0. The van der Waals surface area contributed by atoms with Crippen LogP contribution < -0.4 is 0 Å². The molecule has 0 aromatic heterocycles. The van der Waals surface area contributed by atoms with Gasteiger partial charge in [-0.05, 0) is 6.42 Å². The molecule has 0 amide bonds. The zero-order valence-electron chi connectivity index (χ0n) is 13.5. The van der Waals surface area contributed by atoms with E-state index in [1.165, 1.54) is 0 Å². The summed E-state index contributed by atoms with van der Waals surface area (Å²) in [4.78, 5) is 0. The molecule has 0 heterocycles. The van der Waals surface area contributed by atoms with E-state index in [0.717, 1.165) is 19.4 Å². The smallest absolute Gasteiger partial charge is 0.139 e. The summed E-state index contributed by atoms with van der Waals surface area (Å²) in [5.41, 5.74) is 0.425. The fourth-order valence-electron chi connectivity index (χ4n) is 2.06. The fourth-order valence-corrected chi connectivity index (χ4v) is 12.0. The Hall–Kier alpha value is 0.620. The molecule has 0 saturated carbocycles. The van der Waals surface area contributed by atoms with Crippen LogP contribution in [0, 0.1) is 0 Å². The summed E-state index contributed by atoms with van der Waals surface area (Å²) in [6.45, 7) is 15.5. The van der Waals surface area contributed by atoms with E-state index in [4.69, 9.17) is 4.52 Å². The molecule has 0 aliphatic carbocycles. The van der Waals surface area contributed by atoms with Crippen LogP contribution in [0.1, 0.15) is 68.2 Å². The van der Waals surface area contributed by atoms with Crippen LogP contribution >= 0.6 is 14.7 Å². The van der Waals surface area contributed by atoms with Crippen LogP contribution in [0.4, 0.5) is 0 Å². The summed E-state index contributed by atoms with van der Waals surface area (Å²) in [7, 11) is -0.882. The van der Waals surface area contributed by atoms with Crippen molar-refractivity contribution in [1.29, 1.82) is 0 Å². The highest BCUT2D eigenvalue weighted by Gasteiger charge is 2.46. The fraction of sp³-hybridized carbons (Fsp3) is 1.00. The Morgan fingerprint density at radius 1 is 1.11 bits per heavy atom. The molecular weight excluding hydrogens is 262 g/mol. The second kappa shape index (κ2) is 7.41. The minimum Gasteiger partial charge on any atom is -0.351 e. The van der Waals surface area contributed by atoms with Crippen LogP contribution in [-0.4, -0.2) is 23.1 Å². The Balaban J connectivity index is 5.21. The quantitative estimate of drug-likeness (QED) is 0.419. The van der Waals surface area contributed by atoms with Crippen molar-refractivity contribution in [1.82, 2.24) is 0 Å². The highest BCUT2D eigenvalue weighted by Crippen LogP contribution is 2.85. The Morgan fingerprint density at radius 3 is 1.83 bits per heavy atom. The van der Waals surface area contributed by atoms with E-state index in [1.54, 1.807) is 0 Å². The summed E-state index contributed by atoms with van der Waals surface area (Å²) in [5, 5.41) is -0.00680. The Morgan fingerprint density at radius 2 is 1.56 bits per heavy atom. The molecule has 4 heteroatoms. The number of hydrogen-bond acceptors (Lipinski definition) is 2. The van der Waals surface area contributed by atoms with Gasteiger partial charge in [0.05, 0.1) is 14.4 Å². The standard InChI is InChI=1S/C14H32O2P2/c1-9-10-11-16-17(14(6,7)8)18(15,12(2)3)13(4)5/h12-13H,9-11H2,1-8H3. The minimum absolute atomic E-state index is 0.00680. The molecule has 0 saturated heterocycles. The zero-order valence-corrected chi connectivity index (χ0v) is 15.3. The van der Waals surface area contributed by atoms with E-state index in [1.807, 2.05) is 0 Å². The number of hydrogen-bond donors (Lipinski definition) is 0. The topological polar surface area (TPSA) is 26.3 Å². The van der Waals surface area contributed by atoms with Crippen molar-refractivity contribution in [2.45, 2.75) is 84.7 Å². The lowest BCUT2D eigenvalue weighted by Crippen LogP contribution is -2.19. The van der Waals surface area contributed by atoms with Gasteiger partial charge in [-0.2, -0.15) is 0 Å². The highest BCUT2D eigenvalue weighted by atomic mass is 32.1. The third-order valence-electron chi connectivity index (χ3n) is 3.05.